The van der Waals surface area contributed by atoms with E-state index < -0.39 is 17.3 Å². The van der Waals surface area contributed by atoms with Gasteiger partial charge in [-0.3, -0.25) is 9.59 Å². The van der Waals surface area contributed by atoms with E-state index in [-0.39, 0.29) is 32.1 Å². The molecule has 2 heterocycles. The number of hydrogen-bond donors (Lipinski definition) is 2. The molecule has 3 rings (SSSR count). The third-order valence-corrected chi connectivity index (χ3v) is 4.47. The Morgan fingerprint density at radius 1 is 1.18 bits per heavy atom. The molecular formula is C16H19NO5. The first-order valence-electron chi connectivity index (χ1n) is 7.41. The molecule has 2 N–H and O–H groups in total. The van der Waals surface area contributed by atoms with Crippen molar-refractivity contribution in [1.82, 2.24) is 5.32 Å². The summed E-state index contributed by atoms with van der Waals surface area (Å²) in [6.45, 7) is 1.45. The van der Waals surface area contributed by atoms with E-state index in [0.717, 1.165) is 11.1 Å². The summed E-state index contributed by atoms with van der Waals surface area (Å²) >= 11 is 0. The Hall–Kier alpha value is -1.92. The maximum Gasteiger partial charge on any atom is 0.319 e. The van der Waals surface area contributed by atoms with E-state index in [4.69, 9.17) is 9.47 Å². The van der Waals surface area contributed by atoms with E-state index in [1.165, 1.54) is 0 Å². The van der Waals surface area contributed by atoms with Crippen molar-refractivity contribution in [1.29, 1.82) is 0 Å². The highest BCUT2D eigenvalue weighted by atomic mass is 16.5. The fraction of sp³-hybridized carbons (Fsp3) is 0.500. The molecule has 2 aliphatic rings. The molecule has 1 aromatic rings. The van der Waals surface area contributed by atoms with Crippen LogP contribution in [0.4, 0.5) is 0 Å². The van der Waals surface area contributed by atoms with Crippen LogP contribution in [0.1, 0.15) is 30.0 Å². The van der Waals surface area contributed by atoms with E-state index in [1.54, 1.807) is 0 Å². The molecule has 1 aromatic carbocycles. The average molecular weight is 305 g/mol. The van der Waals surface area contributed by atoms with E-state index in [9.17, 15) is 14.7 Å². The standard InChI is InChI=1S/C16H19NO5/c18-14(16(15(19)20)5-7-21-8-6-16)17-13-10-22-9-11-3-1-2-4-12(11)13/h1-4,13H,5-10H2,(H,17,18)(H,19,20). The quantitative estimate of drug-likeness (QED) is 0.821. The Balaban J connectivity index is 1.81. The van der Waals surface area contributed by atoms with E-state index in [1.807, 2.05) is 24.3 Å². The number of ether oxygens (including phenoxy) is 2. The van der Waals surface area contributed by atoms with Crippen LogP contribution in [0.15, 0.2) is 24.3 Å². The van der Waals surface area contributed by atoms with Gasteiger partial charge in [0.25, 0.3) is 0 Å². The van der Waals surface area contributed by atoms with Crippen LogP contribution in [0.5, 0.6) is 0 Å². The van der Waals surface area contributed by atoms with Gasteiger partial charge in [-0.1, -0.05) is 24.3 Å². The molecule has 1 atom stereocenters. The third kappa shape index (κ3) is 2.60. The first-order valence-corrected chi connectivity index (χ1v) is 7.41. The van der Waals surface area contributed by atoms with E-state index in [0.29, 0.717) is 13.2 Å². The summed E-state index contributed by atoms with van der Waals surface area (Å²) in [7, 11) is 0. The second kappa shape index (κ2) is 6.06. The number of nitrogens with one attached hydrogen (secondary N) is 1. The van der Waals surface area contributed by atoms with Crippen LogP contribution >= 0.6 is 0 Å². The number of carboxylic acid groups (broad SMARTS) is 1. The minimum Gasteiger partial charge on any atom is -0.480 e. The van der Waals surface area contributed by atoms with Crippen LogP contribution < -0.4 is 5.32 Å². The molecule has 6 heteroatoms. The van der Waals surface area contributed by atoms with Crippen molar-refractivity contribution in [3.63, 3.8) is 0 Å². The van der Waals surface area contributed by atoms with Gasteiger partial charge in [0.1, 0.15) is 0 Å². The van der Waals surface area contributed by atoms with Crippen molar-refractivity contribution >= 4 is 11.9 Å². The van der Waals surface area contributed by atoms with Gasteiger partial charge in [-0.25, -0.2) is 0 Å². The zero-order valence-corrected chi connectivity index (χ0v) is 12.2. The van der Waals surface area contributed by atoms with Crippen LogP contribution in [-0.4, -0.2) is 36.8 Å². The molecule has 0 bridgehead atoms. The minimum atomic E-state index is -1.40. The lowest BCUT2D eigenvalue weighted by Crippen LogP contribution is -2.51. The number of amides is 1. The van der Waals surface area contributed by atoms with Crippen LogP contribution in [0.2, 0.25) is 0 Å². The highest BCUT2D eigenvalue weighted by Gasteiger charge is 2.48. The summed E-state index contributed by atoms with van der Waals surface area (Å²) in [6.07, 6.45) is 0.396. The maximum absolute atomic E-state index is 12.6. The largest absolute Gasteiger partial charge is 0.480 e. The topological polar surface area (TPSA) is 84.9 Å². The summed E-state index contributed by atoms with van der Waals surface area (Å²) in [6, 6.07) is 7.42. The Morgan fingerprint density at radius 2 is 1.91 bits per heavy atom. The predicted octanol–water partition coefficient (Wildman–Crippen LogP) is 1.26. The van der Waals surface area contributed by atoms with Crippen molar-refractivity contribution in [2.24, 2.45) is 5.41 Å². The molecule has 1 unspecified atom stereocenters. The molecule has 0 spiro atoms. The lowest BCUT2D eigenvalue weighted by molar-refractivity contribution is -0.163. The first kappa shape index (κ1) is 15.0. The lowest BCUT2D eigenvalue weighted by Gasteiger charge is -2.34. The summed E-state index contributed by atoms with van der Waals surface area (Å²) in [5, 5.41) is 12.4. The first-order chi connectivity index (χ1) is 10.6. The summed E-state index contributed by atoms with van der Waals surface area (Å²) in [5.74, 6) is -1.54. The summed E-state index contributed by atoms with van der Waals surface area (Å²) in [4.78, 5) is 24.3. The number of carbonyl (C=O) groups is 2. The number of rotatable bonds is 3. The Bertz CT molecular complexity index is 580. The van der Waals surface area contributed by atoms with Gasteiger partial charge in [0.15, 0.2) is 5.41 Å². The highest BCUT2D eigenvalue weighted by molar-refractivity contribution is 6.02. The van der Waals surface area contributed by atoms with Gasteiger partial charge in [-0.15, -0.1) is 0 Å². The van der Waals surface area contributed by atoms with Crippen LogP contribution in [-0.2, 0) is 25.7 Å². The summed E-state index contributed by atoms with van der Waals surface area (Å²) in [5.41, 5.74) is 0.620. The molecule has 0 radical (unpaired) electrons. The smallest absolute Gasteiger partial charge is 0.319 e. The number of carboxylic acids is 1. The number of carbonyl (C=O) groups excluding carboxylic acids is 1. The van der Waals surface area contributed by atoms with Gasteiger partial charge in [0, 0.05) is 13.2 Å². The Kier molecular flexibility index (Phi) is 4.13. The van der Waals surface area contributed by atoms with Crippen LogP contribution in [0.25, 0.3) is 0 Å². The number of benzene rings is 1. The normalized spacial score (nSPS) is 23.4. The van der Waals surface area contributed by atoms with Gasteiger partial charge >= 0.3 is 5.97 Å². The SMILES string of the molecule is O=C(O)C1(C(=O)NC2COCc3ccccc32)CCOCC1. The highest BCUT2D eigenvalue weighted by Crippen LogP contribution is 2.33. The molecule has 118 valence electrons. The molecule has 0 saturated carbocycles. The zero-order valence-electron chi connectivity index (χ0n) is 12.2. The van der Waals surface area contributed by atoms with Crippen molar-refractivity contribution in [3.8, 4) is 0 Å². The Labute approximate surface area is 128 Å². The van der Waals surface area contributed by atoms with Gasteiger partial charge in [-0.05, 0) is 24.0 Å². The van der Waals surface area contributed by atoms with E-state index in [2.05, 4.69) is 5.32 Å². The lowest BCUT2D eigenvalue weighted by atomic mass is 9.79. The molecule has 0 aliphatic carbocycles. The monoisotopic (exact) mass is 305 g/mol. The molecule has 1 amide bonds. The van der Waals surface area contributed by atoms with Gasteiger partial charge in [0.2, 0.25) is 5.91 Å². The van der Waals surface area contributed by atoms with Crippen molar-refractivity contribution in [3.05, 3.63) is 35.4 Å². The molecular weight excluding hydrogens is 286 g/mol. The van der Waals surface area contributed by atoms with Crippen molar-refractivity contribution in [2.45, 2.75) is 25.5 Å². The van der Waals surface area contributed by atoms with Crippen LogP contribution in [0.3, 0.4) is 0 Å². The molecule has 1 fully saturated rings. The fourth-order valence-electron chi connectivity index (χ4n) is 3.06. The number of fused-ring (bicyclic) bond motifs is 1. The van der Waals surface area contributed by atoms with E-state index >= 15 is 0 Å². The van der Waals surface area contributed by atoms with Crippen molar-refractivity contribution < 1.29 is 24.2 Å². The maximum atomic E-state index is 12.6. The number of hydrogen-bond acceptors (Lipinski definition) is 4. The average Bonchev–Trinajstić information content (AvgIpc) is 2.55. The predicted molar refractivity (Wildman–Crippen MR) is 77.1 cm³/mol. The summed E-state index contributed by atoms with van der Waals surface area (Å²) < 4.78 is 10.7. The molecule has 0 aromatic heterocycles. The minimum absolute atomic E-state index is 0.198. The zero-order chi connectivity index (χ0) is 15.6. The molecule has 2 aliphatic heterocycles. The number of aliphatic carboxylic acids is 1. The molecule has 6 nitrogen and oxygen atoms in total. The van der Waals surface area contributed by atoms with Gasteiger partial charge < -0.3 is 19.9 Å². The van der Waals surface area contributed by atoms with Gasteiger partial charge in [0.05, 0.1) is 19.3 Å². The molecule has 22 heavy (non-hydrogen) atoms. The molecule has 1 saturated heterocycles. The van der Waals surface area contributed by atoms with Crippen molar-refractivity contribution in [2.75, 3.05) is 19.8 Å². The fourth-order valence-corrected chi connectivity index (χ4v) is 3.06. The Morgan fingerprint density at radius 3 is 2.64 bits per heavy atom. The van der Waals surface area contributed by atoms with Crippen LogP contribution in [0, 0.1) is 5.41 Å². The second-order valence-corrected chi connectivity index (χ2v) is 5.74. The van der Waals surface area contributed by atoms with Gasteiger partial charge in [-0.2, -0.15) is 0 Å². The second-order valence-electron chi connectivity index (χ2n) is 5.74. The third-order valence-electron chi connectivity index (χ3n) is 4.47.